The molecule has 0 fully saturated rings. The molecule has 0 saturated heterocycles. The third-order valence-corrected chi connectivity index (χ3v) is 4.13. The molecule has 0 amide bonds. The molecule has 2 aromatic carbocycles. The van der Waals surface area contributed by atoms with E-state index in [0.717, 1.165) is 14.5 Å². The van der Waals surface area contributed by atoms with E-state index in [9.17, 15) is 4.79 Å². The highest BCUT2D eigenvalue weighted by molar-refractivity contribution is 9.11. The van der Waals surface area contributed by atoms with Crippen LogP contribution in [0.3, 0.4) is 0 Å². The highest BCUT2D eigenvalue weighted by Gasteiger charge is 2.16. The van der Waals surface area contributed by atoms with E-state index >= 15 is 0 Å². The number of hydrogen-bond donors (Lipinski definition) is 0. The molecule has 0 N–H and O–H groups in total. The highest BCUT2D eigenvalue weighted by Crippen LogP contribution is 2.28. The topological polar surface area (TPSA) is 26.3 Å². The molecule has 0 aliphatic carbocycles. The van der Waals surface area contributed by atoms with Crippen molar-refractivity contribution in [2.75, 3.05) is 7.11 Å². The summed E-state index contributed by atoms with van der Waals surface area (Å²) in [6, 6.07) is 11.1. The summed E-state index contributed by atoms with van der Waals surface area (Å²) < 4.78 is 6.65. The summed E-state index contributed by atoms with van der Waals surface area (Å²) in [5.41, 5.74) is 2.33. The number of carbonyl (C=O) groups excluding carboxylic acids is 1. The average molecular weight is 384 g/mol. The largest absolute Gasteiger partial charge is 0.497 e. The molecule has 2 aromatic rings. The Morgan fingerprint density at radius 1 is 1.00 bits per heavy atom. The molecule has 0 heterocycles. The third-order valence-electron chi connectivity index (χ3n) is 2.79. The van der Waals surface area contributed by atoms with Crippen molar-refractivity contribution >= 4 is 37.6 Å². The lowest BCUT2D eigenvalue weighted by atomic mass is 10.0. The summed E-state index contributed by atoms with van der Waals surface area (Å²) in [7, 11) is 1.60. The van der Waals surface area contributed by atoms with Gasteiger partial charge in [0.25, 0.3) is 0 Å². The van der Waals surface area contributed by atoms with Crippen molar-refractivity contribution < 1.29 is 9.53 Å². The second kappa shape index (κ2) is 5.88. The van der Waals surface area contributed by atoms with E-state index in [0.29, 0.717) is 16.9 Å². The van der Waals surface area contributed by atoms with Crippen molar-refractivity contribution in [3.8, 4) is 5.75 Å². The molecule has 19 heavy (non-hydrogen) atoms. The summed E-state index contributed by atoms with van der Waals surface area (Å²) in [5.74, 6) is 0.692. The van der Waals surface area contributed by atoms with Crippen LogP contribution < -0.4 is 4.74 Å². The molecule has 0 radical (unpaired) electrons. The van der Waals surface area contributed by atoms with Gasteiger partial charge in [-0.15, -0.1) is 0 Å². The van der Waals surface area contributed by atoms with Gasteiger partial charge in [0, 0.05) is 20.1 Å². The summed E-state index contributed by atoms with van der Waals surface area (Å²) in [6.07, 6.45) is 0. The number of hydrogen-bond acceptors (Lipinski definition) is 2. The van der Waals surface area contributed by atoms with Crippen LogP contribution in [0.2, 0.25) is 0 Å². The first-order valence-corrected chi connectivity index (χ1v) is 7.26. The Bertz CT molecular complexity index is 636. The van der Waals surface area contributed by atoms with E-state index in [1.165, 1.54) is 0 Å². The predicted molar refractivity (Wildman–Crippen MR) is 83.0 cm³/mol. The Morgan fingerprint density at radius 2 is 1.74 bits per heavy atom. The van der Waals surface area contributed by atoms with Gasteiger partial charge in [0.2, 0.25) is 0 Å². The zero-order chi connectivity index (χ0) is 14.0. The Hall–Kier alpha value is -1.13. The lowest BCUT2D eigenvalue weighted by Crippen LogP contribution is -2.04. The molecule has 2 nitrogen and oxygen atoms in total. The molecule has 98 valence electrons. The maximum absolute atomic E-state index is 12.5. The van der Waals surface area contributed by atoms with Crippen LogP contribution >= 0.6 is 31.9 Å². The van der Waals surface area contributed by atoms with Crippen LogP contribution in [0.15, 0.2) is 45.3 Å². The average Bonchev–Trinajstić information content (AvgIpc) is 2.40. The smallest absolute Gasteiger partial charge is 0.195 e. The monoisotopic (exact) mass is 382 g/mol. The first-order valence-electron chi connectivity index (χ1n) is 5.67. The number of halogens is 2. The first kappa shape index (κ1) is 14.3. The predicted octanol–water partition coefficient (Wildman–Crippen LogP) is 4.76. The van der Waals surface area contributed by atoms with E-state index in [2.05, 4.69) is 31.9 Å². The number of ketones is 1. The maximum Gasteiger partial charge on any atom is 0.195 e. The quantitative estimate of drug-likeness (QED) is 0.714. The zero-order valence-corrected chi connectivity index (χ0v) is 13.7. The summed E-state index contributed by atoms with van der Waals surface area (Å²) >= 11 is 6.83. The van der Waals surface area contributed by atoms with Crippen LogP contribution in [0.4, 0.5) is 0 Å². The Morgan fingerprint density at radius 3 is 2.37 bits per heavy atom. The summed E-state index contributed by atoms with van der Waals surface area (Å²) in [5, 5.41) is 0. The van der Waals surface area contributed by atoms with Gasteiger partial charge in [0.15, 0.2) is 5.78 Å². The molecular formula is C15H12Br2O2. The van der Waals surface area contributed by atoms with E-state index in [4.69, 9.17) is 4.74 Å². The van der Waals surface area contributed by atoms with Gasteiger partial charge >= 0.3 is 0 Å². The molecule has 0 aliphatic heterocycles. The molecule has 0 unspecified atom stereocenters. The minimum absolute atomic E-state index is 0.0231. The van der Waals surface area contributed by atoms with Crippen LogP contribution in [-0.2, 0) is 0 Å². The van der Waals surface area contributed by atoms with Crippen LogP contribution in [0.5, 0.6) is 5.75 Å². The van der Waals surface area contributed by atoms with Crippen molar-refractivity contribution in [2.24, 2.45) is 0 Å². The van der Waals surface area contributed by atoms with Crippen molar-refractivity contribution in [2.45, 2.75) is 6.92 Å². The Labute approximate surface area is 129 Å². The Balaban J connectivity index is 2.47. The molecule has 0 aromatic heterocycles. The van der Waals surface area contributed by atoms with Gasteiger partial charge in [-0.05, 0) is 53.2 Å². The molecule has 0 bridgehead atoms. The fourth-order valence-electron chi connectivity index (χ4n) is 1.77. The van der Waals surface area contributed by atoms with Gasteiger partial charge in [0.05, 0.1) is 7.11 Å². The van der Waals surface area contributed by atoms with Gasteiger partial charge in [-0.1, -0.05) is 27.6 Å². The number of ether oxygens (including phenoxy) is 1. The zero-order valence-electron chi connectivity index (χ0n) is 10.5. The molecule has 0 spiro atoms. The number of benzene rings is 2. The van der Waals surface area contributed by atoms with Crippen molar-refractivity contribution in [3.63, 3.8) is 0 Å². The molecular weight excluding hydrogens is 372 g/mol. The fraction of sp³-hybridized carbons (Fsp3) is 0.133. The standard InChI is InChI=1S/C15H12Br2O2/c1-9-3-6-13(16)12(7-9)15(18)11-5-4-10(19-2)8-14(11)17/h3-8H,1-2H3. The lowest BCUT2D eigenvalue weighted by molar-refractivity contribution is 0.103. The second-order valence-electron chi connectivity index (χ2n) is 4.16. The van der Waals surface area contributed by atoms with E-state index in [1.54, 1.807) is 25.3 Å². The van der Waals surface area contributed by atoms with Crippen LogP contribution in [-0.4, -0.2) is 12.9 Å². The SMILES string of the molecule is COc1ccc(C(=O)c2cc(C)ccc2Br)c(Br)c1. The van der Waals surface area contributed by atoms with Crippen molar-refractivity contribution in [1.29, 1.82) is 0 Å². The third kappa shape index (κ3) is 3.07. The second-order valence-corrected chi connectivity index (χ2v) is 5.87. The first-order chi connectivity index (χ1) is 9.02. The van der Waals surface area contributed by atoms with Crippen LogP contribution in [0.25, 0.3) is 0 Å². The summed E-state index contributed by atoms with van der Waals surface area (Å²) in [4.78, 5) is 12.5. The molecule has 0 atom stereocenters. The van der Waals surface area contributed by atoms with Gasteiger partial charge in [-0.25, -0.2) is 0 Å². The number of carbonyl (C=O) groups is 1. The molecule has 0 saturated carbocycles. The lowest BCUT2D eigenvalue weighted by Gasteiger charge is -2.08. The van der Waals surface area contributed by atoms with Gasteiger partial charge < -0.3 is 4.74 Å². The minimum atomic E-state index is -0.0231. The number of methoxy groups -OCH3 is 1. The minimum Gasteiger partial charge on any atom is -0.497 e. The van der Waals surface area contributed by atoms with Gasteiger partial charge in [0.1, 0.15) is 5.75 Å². The van der Waals surface area contributed by atoms with Crippen molar-refractivity contribution in [3.05, 3.63) is 62.0 Å². The van der Waals surface area contributed by atoms with Crippen LogP contribution in [0.1, 0.15) is 21.5 Å². The van der Waals surface area contributed by atoms with Crippen LogP contribution in [0, 0.1) is 6.92 Å². The molecule has 0 aliphatic rings. The van der Waals surface area contributed by atoms with E-state index in [-0.39, 0.29) is 5.78 Å². The van der Waals surface area contributed by atoms with Gasteiger partial charge in [-0.2, -0.15) is 0 Å². The molecule has 4 heteroatoms. The highest BCUT2D eigenvalue weighted by atomic mass is 79.9. The molecule has 2 rings (SSSR count). The van der Waals surface area contributed by atoms with Gasteiger partial charge in [-0.3, -0.25) is 4.79 Å². The summed E-state index contributed by atoms with van der Waals surface area (Å²) in [6.45, 7) is 1.96. The normalized spacial score (nSPS) is 10.3. The van der Waals surface area contributed by atoms with E-state index < -0.39 is 0 Å². The fourth-order valence-corrected chi connectivity index (χ4v) is 2.73. The number of aryl methyl sites for hydroxylation is 1. The number of rotatable bonds is 3. The maximum atomic E-state index is 12.5. The Kier molecular flexibility index (Phi) is 4.42. The van der Waals surface area contributed by atoms with E-state index in [1.807, 2.05) is 25.1 Å². The van der Waals surface area contributed by atoms with Crippen molar-refractivity contribution in [1.82, 2.24) is 0 Å².